The Morgan fingerprint density at radius 3 is 2.57 bits per heavy atom. The number of methoxy groups -OCH3 is 1. The molecule has 0 atom stereocenters. The highest BCUT2D eigenvalue weighted by molar-refractivity contribution is 9.11. The Morgan fingerprint density at radius 1 is 1.25 bits per heavy atom. The van der Waals surface area contributed by atoms with Gasteiger partial charge in [-0.1, -0.05) is 39.7 Å². The third-order valence-electron chi connectivity index (χ3n) is 4.67. The lowest BCUT2D eigenvalue weighted by molar-refractivity contribution is 0.311. The second kappa shape index (κ2) is 8.71. The van der Waals surface area contributed by atoms with Crippen molar-refractivity contribution in [1.82, 2.24) is 4.90 Å². The molecule has 1 aromatic rings. The number of sulfonamides is 1. The molecule has 0 radical (unpaired) electrons. The van der Waals surface area contributed by atoms with Gasteiger partial charge in [-0.25, -0.2) is 8.42 Å². The van der Waals surface area contributed by atoms with E-state index in [-0.39, 0.29) is 11.3 Å². The minimum Gasteiger partial charge on any atom is -0.495 e. The van der Waals surface area contributed by atoms with E-state index in [0.717, 1.165) is 31.9 Å². The molecular formula is C18H21BrClN3O3S2. The van der Waals surface area contributed by atoms with Gasteiger partial charge in [-0.2, -0.15) is 0 Å². The molecule has 0 amide bonds. The maximum atomic E-state index is 12.9. The zero-order chi connectivity index (χ0) is 20.5. The molecule has 28 heavy (non-hydrogen) atoms. The average molecular weight is 507 g/mol. The molecule has 3 rings (SSSR count). The molecular weight excluding hydrogens is 486 g/mol. The van der Waals surface area contributed by atoms with E-state index in [1.807, 2.05) is 0 Å². The van der Waals surface area contributed by atoms with Gasteiger partial charge in [0.05, 0.1) is 23.5 Å². The van der Waals surface area contributed by atoms with E-state index >= 15 is 0 Å². The Morgan fingerprint density at radius 2 is 1.93 bits per heavy atom. The SMILES string of the molecule is COc1ccc(NS(=O)(=O)C2=CC(Cl)=C(Br)CC2=S)cc1N1CCN(C)CC1. The molecule has 1 heterocycles. The molecule has 0 spiro atoms. The summed E-state index contributed by atoms with van der Waals surface area (Å²) in [6.07, 6.45) is 1.67. The van der Waals surface area contributed by atoms with Gasteiger partial charge in [-0.05, 0) is 31.3 Å². The maximum absolute atomic E-state index is 12.9. The van der Waals surface area contributed by atoms with E-state index in [4.69, 9.17) is 28.6 Å². The number of anilines is 2. The van der Waals surface area contributed by atoms with Crippen LogP contribution in [0, 0.1) is 0 Å². The number of halogens is 2. The summed E-state index contributed by atoms with van der Waals surface area (Å²) in [5.41, 5.74) is 1.31. The summed E-state index contributed by atoms with van der Waals surface area (Å²) in [6.45, 7) is 3.54. The number of ether oxygens (including phenoxy) is 1. The van der Waals surface area contributed by atoms with Gasteiger partial charge in [-0.15, -0.1) is 0 Å². The molecule has 1 N–H and O–H groups in total. The van der Waals surface area contributed by atoms with Gasteiger partial charge in [0.25, 0.3) is 10.0 Å². The fourth-order valence-electron chi connectivity index (χ4n) is 3.07. The van der Waals surface area contributed by atoms with E-state index in [1.165, 1.54) is 6.08 Å². The predicted octanol–water partition coefficient (Wildman–Crippen LogP) is 3.69. The van der Waals surface area contributed by atoms with Crippen LogP contribution in [0.5, 0.6) is 5.75 Å². The van der Waals surface area contributed by atoms with Gasteiger partial charge in [0.2, 0.25) is 0 Å². The lowest BCUT2D eigenvalue weighted by Gasteiger charge is -2.35. The van der Waals surface area contributed by atoms with Gasteiger partial charge in [-0.3, -0.25) is 4.72 Å². The normalized spacial score (nSPS) is 18.9. The lowest BCUT2D eigenvalue weighted by Crippen LogP contribution is -2.44. The molecule has 1 aromatic carbocycles. The highest BCUT2D eigenvalue weighted by atomic mass is 79.9. The summed E-state index contributed by atoms with van der Waals surface area (Å²) >= 11 is 14.7. The van der Waals surface area contributed by atoms with Crippen molar-refractivity contribution in [2.24, 2.45) is 0 Å². The molecule has 0 aromatic heterocycles. The van der Waals surface area contributed by atoms with Gasteiger partial charge in [0.15, 0.2) is 0 Å². The number of hydrogen-bond donors (Lipinski definition) is 1. The molecule has 152 valence electrons. The summed E-state index contributed by atoms with van der Waals surface area (Å²) in [7, 11) is -0.166. The summed E-state index contributed by atoms with van der Waals surface area (Å²) in [4.78, 5) is 4.78. The fraction of sp³-hybridized carbons (Fsp3) is 0.389. The monoisotopic (exact) mass is 505 g/mol. The first-order valence-corrected chi connectivity index (χ1v) is 11.7. The minimum atomic E-state index is -3.85. The zero-order valence-electron chi connectivity index (χ0n) is 15.5. The van der Waals surface area contributed by atoms with Crippen LogP contribution in [0.4, 0.5) is 11.4 Å². The summed E-state index contributed by atoms with van der Waals surface area (Å²) in [6, 6.07) is 5.24. The number of nitrogens with zero attached hydrogens (tertiary/aromatic N) is 2. The van der Waals surface area contributed by atoms with E-state index in [9.17, 15) is 8.42 Å². The topological polar surface area (TPSA) is 61.9 Å². The number of likely N-dealkylation sites (N-methyl/N-ethyl adjacent to an activating group) is 1. The van der Waals surface area contributed by atoms with Gasteiger partial charge in [0, 0.05) is 41.9 Å². The minimum absolute atomic E-state index is 0.0210. The Hall–Kier alpha value is -1.13. The molecule has 1 fully saturated rings. The first-order chi connectivity index (χ1) is 13.2. The van der Waals surface area contributed by atoms with Crippen molar-refractivity contribution in [1.29, 1.82) is 0 Å². The van der Waals surface area contributed by atoms with Crippen LogP contribution in [-0.4, -0.2) is 58.5 Å². The Kier molecular flexibility index (Phi) is 6.71. The van der Waals surface area contributed by atoms with Crippen molar-refractivity contribution >= 4 is 66.0 Å². The van der Waals surface area contributed by atoms with Crippen LogP contribution in [0.2, 0.25) is 0 Å². The molecule has 0 unspecified atom stereocenters. The third kappa shape index (κ3) is 4.71. The molecule has 0 bridgehead atoms. The fourth-order valence-corrected chi connectivity index (χ4v) is 5.62. The molecule has 1 saturated heterocycles. The van der Waals surface area contributed by atoms with E-state index in [0.29, 0.717) is 25.8 Å². The molecule has 1 aliphatic carbocycles. The number of allylic oxidation sites excluding steroid dienone is 4. The standard InChI is InChI=1S/C18H21BrClN3O3S2/c1-22-5-7-23(8-6-22)15-9-12(3-4-16(15)26-2)21-28(24,25)18-11-14(20)13(19)10-17(18)27/h3-4,9,11,21H,5-8,10H2,1-2H3. The number of benzene rings is 1. The summed E-state index contributed by atoms with van der Waals surface area (Å²) < 4.78 is 34.6. The van der Waals surface area contributed by atoms with E-state index in [1.54, 1.807) is 25.3 Å². The zero-order valence-corrected chi connectivity index (χ0v) is 19.5. The molecule has 2 aliphatic rings. The number of rotatable bonds is 5. The second-order valence-electron chi connectivity index (χ2n) is 6.64. The first kappa shape index (κ1) is 21.6. The first-order valence-electron chi connectivity index (χ1n) is 8.64. The smallest absolute Gasteiger partial charge is 0.263 e. The van der Waals surface area contributed by atoms with Crippen LogP contribution in [0.3, 0.4) is 0 Å². The highest BCUT2D eigenvalue weighted by Crippen LogP contribution is 2.35. The summed E-state index contributed by atoms with van der Waals surface area (Å²) in [5.74, 6) is 0.704. The summed E-state index contributed by atoms with van der Waals surface area (Å²) in [5, 5.41) is 0.335. The van der Waals surface area contributed by atoms with Crippen LogP contribution in [0.15, 0.2) is 38.7 Å². The van der Waals surface area contributed by atoms with Gasteiger partial charge < -0.3 is 14.5 Å². The van der Waals surface area contributed by atoms with Crippen molar-refractivity contribution in [3.8, 4) is 5.75 Å². The van der Waals surface area contributed by atoms with Crippen LogP contribution in [-0.2, 0) is 10.0 Å². The predicted molar refractivity (Wildman–Crippen MR) is 122 cm³/mol. The van der Waals surface area contributed by atoms with Crippen LogP contribution >= 0.6 is 39.7 Å². The third-order valence-corrected chi connectivity index (χ3v) is 7.89. The van der Waals surface area contributed by atoms with E-state index in [2.05, 4.69) is 37.5 Å². The number of thiocarbonyl (C=S) groups is 1. The number of piperazine rings is 1. The quantitative estimate of drug-likeness (QED) is 0.615. The van der Waals surface area contributed by atoms with Crippen molar-refractivity contribution in [2.45, 2.75) is 6.42 Å². The van der Waals surface area contributed by atoms with Crippen LogP contribution < -0.4 is 14.4 Å². The maximum Gasteiger partial charge on any atom is 0.263 e. The van der Waals surface area contributed by atoms with Crippen molar-refractivity contribution in [3.05, 3.63) is 38.7 Å². The number of hydrogen-bond acceptors (Lipinski definition) is 6. The van der Waals surface area contributed by atoms with Crippen LogP contribution in [0.25, 0.3) is 0 Å². The van der Waals surface area contributed by atoms with Crippen LogP contribution in [0.1, 0.15) is 6.42 Å². The van der Waals surface area contributed by atoms with Gasteiger partial charge in [0.1, 0.15) is 10.7 Å². The highest BCUT2D eigenvalue weighted by Gasteiger charge is 2.27. The van der Waals surface area contributed by atoms with Gasteiger partial charge >= 0.3 is 0 Å². The lowest BCUT2D eigenvalue weighted by atomic mass is 10.2. The molecule has 1 aliphatic heterocycles. The average Bonchev–Trinajstić information content (AvgIpc) is 2.65. The Bertz CT molecular complexity index is 955. The molecule has 6 nitrogen and oxygen atoms in total. The van der Waals surface area contributed by atoms with E-state index < -0.39 is 10.0 Å². The molecule has 0 saturated carbocycles. The van der Waals surface area contributed by atoms with Crippen molar-refractivity contribution in [3.63, 3.8) is 0 Å². The largest absolute Gasteiger partial charge is 0.495 e. The second-order valence-corrected chi connectivity index (χ2v) is 10.2. The van der Waals surface area contributed by atoms with Crippen molar-refractivity contribution in [2.75, 3.05) is 50.0 Å². The Balaban J connectivity index is 1.89. The Labute approximate surface area is 184 Å². The number of nitrogens with one attached hydrogen (secondary N) is 1. The molecule has 10 heteroatoms. The van der Waals surface area contributed by atoms with Crippen molar-refractivity contribution < 1.29 is 13.2 Å².